The molecule has 0 bridgehead atoms. The molecule has 1 N–H and O–H groups in total. The molecule has 0 aliphatic heterocycles. The summed E-state index contributed by atoms with van der Waals surface area (Å²) in [5, 5.41) is 15.7. The van der Waals surface area contributed by atoms with Crippen molar-refractivity contribution in [1.29, 1.82) is 0 Å². The monoisotopic (exact) mass is 325 g/mol. The zero-order valence-corrected chi connectivity index (χ0v) is 14.6. The van der Waals surface area contributed by atoms with Crippen LogP contribution in [0.3, 0.4) is 0 Å². The molecule has 1 aromatic carbocycles. The number of rotatable bonds is 5. The molecule has 3 aromatic rings. The highest BCUT2D eigenvalue weighted by molar-refractivity contribution is 5.51. The van der Waals surface area contributed by atoms with Gasteiger partial charge in [0, 0.05) is 23.2 Å². The Hall–Kier alpha value is -2.47. The molecule has 0 spiro atoms. The molecule has 6 heteroatoms. The summed E-state index contributed by atoms with van der Waals surface area (Å²) >= 11 is 0. The molecule has 0 saturated carbocycles. The summed E-state index contributed by atoms with van der Waals surface area (Å²) in [5.41, 5.74) is 3.12. The Morgan fingerprint density at radius 2 is 1.83 bits per heavy atom. The molecule has 2 heterocycles. The first-order valence-corrected chi connectivity index (χ1v) is 8.03. The van der Waals surface area contributed by atoms with Gasteiger partial charge in [0.15, 0.2) is 0 Å². The first-order chi connectivity index (χ1) is 11.4. The number of hydrogen-bond donors (Lipinski definition) is 1. The molecule has 24 heavy (non-hydrogen) atoms. The van der Waals surface area contributed by atoms with E-state index in [9.17, 15) is 0 Å². The maximum absolute atomic E-state index is 5.75. The van der Waals surface area contributed by atoms with Crippen molar-refractivity contribution in [1.82, 2.24) is 25.3 Å². The van der Waals surface area contributed by atoms with Gasteiger partial charge in [0.1, 0.15) is 0 Å². The zero-order chi connectivity index (χ0) is 17.2. The van der Waals surface area contributed by atoms with Gasteiger partial charge in [0.2, 0.25) is 11.8 Å². The van der Waals surface area contributed by atoms with E-state index in [0.717, 1.165) is 23.5 Å². The van der Waals surface area contributed by atoms with Crippen LogP contribution in [0.5, 0.6) is 0 Å². The average Bonchev–Trinajstić information content (AvgIpc) is 3.17. The summed E-state index contributed by atoms with van der Waals surface area (Å²) in [6.07, 6.45) is 0. The molecule has 0 atom stereocenters. The largest absolute Gasteiger partial charge is 0.419 e. The minimum atomic E-state index is 0.0460. The van der Waals surface area contributed by atoms with Crippen molar-refractivity contribution in [2.75, 3.05) is 7.05 Å². The second-order valence-electron chi connectivity index (χ2n) is 7.07. The van der Waals surface area contributed by atoms with Crippen LogP contribution >= 0.6 is 0 Å². The number of nitrogens with zero attached hydrogens (tertiary/aromatic N) is 4. The Bertz CT molecular complexity index is 785. The van der Waals surface area contributed by atoms with Crippen molar-refractivity contribution in [3.8, 4) is 11.5 Å². The van der Waals surface area contributed by atoms with E-state index in [1.807, 2.05) is 37.4 Å². The number of H-pyrrole nitrogens is 1. The number of aromatic nitrogens is 4. The average molecular weight is 325 g/mol. The maximum Gasteiger partial charge on any atom is 0.247 e. The lowest BCUT2D eigenvalue weighted by Gasteiger charge is -2.14. The van der Waals surface area contributed by atoms with Gasteiger partial charge in [0.25, 0.3) is 0 Å². The van der Waals surface area contributed by atoms with E-state index >= 15 is 0 Å². The lowest BCUT2D eigenvalue weighted by molar-refractivity contribution is 0.279. The van der Waals surface area contributed by atoms with Crippen LogP contribution in [0.4, 0.5) is 0 Å². The van der Waals surface area contributed by atoms with Crippen molar-refractivity contribution in [2.45, 2.75) is 39.3 Å². The van der Waals surface area contributed by atoms with E-state index in [2.05, 4.69) is 52.1 Å². The van der Waals surface area contributed by atoms with E-state index in [0.29, 0.717) is 18.3 Å². The highest BCUT2D eigenvalue weighted by atomic mass is 16.4. The van der Waals surface area contributed by atoms with Gasteiger partial charge in [-0.3, -0.25) is 10.00 Å². The first kappa shape index (κ1) is 16.4. The third-order valence-electron chi connectivity index (χ3n) is 3.73. The normalized spacial score (nSPS) is 12.0. The van der Waals surface area contributed by atoms with Gasteiger partial charge in [-0.2, -0.15) is 5.10 Å². The van der Waals surface area contributed by atoms with Crippen molar-refractivity contribution in [3.63, 3.8) is 0 Å². The summed E-state index contributed by atoms with van der Waals surface area (Å²) in [4.78, 5) is 2.11. The van der Waals surface area contributed by atoms with E-state index in [1.54, 1.807) is 0 Å². The van der Waals surface area contributed by atoms with E-state index in [1.165, 1.54) is 0 Å². The van der Waals surface area contributed by atoms with Gasteiger partial charge >= 0.3 is 0 Å². The second kappa shape index (κ2) is 6.57. The molecule has 0 aliphatic rings. The van der Waals surface area contributed by atoms with Crippen LogP contribution in [-0.4, -0.2) is 32.3 Å². The number of benzene rings is 1. The highest BCUT2D eigenvalue weighted by Gasteiger charge is 2.18. The summed E-state index contributed by atoms with van der Waals surface area (Å²) in [5.74, 6) is 1.16. The SMILES string of the molecule is CN(Cc1cc(C(C)(C)C)n[nH]1)Cc1nnc(-c2ccccc2)o1. The smallest absolute Gasteiger partial charge is 0.247 e. The Labute approximate surface area is 141 Å². The summed E-state index contributed by atoms with van der Waals surface area (Å²) < 4.78 is 5.75. The molecule has 0 unspecified atom stereocenters. The van der Waals surface area contributed by atoms with Crippen molar-refractivity contribution >= 4 is 0 Å². The molecule has 0 radical (unpaired) electrons. The standard InChI is InChI=1S/C18H23N5O/c1-18(2,3)15-10-14(19-20-15)11-23(4)12-16-21-22-17(24-16)13-8-6-5-7-9-13/h5-10H,11-12H2,1-4H3,(H,19,20). The highest BCUT2D eigenvalue weighted by Crippen LogP contribution is 2.21. The Morgan fingerprint density at radius 3 is 2.50 bits per heavy atom. The van der Waals surface area contributed by atoms with Gasteiger partial charge in [-0.1, -0.05) is 39.0 Å². The number of aromatic amines is 1. The predicted molar refractivity (Wildman–Crippen MR) is 92.2 cm³/mol. The lowest BCUT2D eigenvalue weighted by atomic mass is 9.92. The quantitative estimate of drug-likeness (QED) is 0.778. The van der Waals surface area contributed by atoms with Gasteiger partial charge in [-0.15, -0.1) is 10.2 Å². The van der Waals surface area contributed by atoms with Gasteiger partial charge in [0.05, 0.1) is 12.2 Å². The fourth-order valence-corrected chi connectivity index (χ4v) is 2.42. The molecule has 0 amide bonds. The van der Waals surface area contributed by atoms with Gasteiger partial charge in [-0.25, -0.2) is 0 Å². The molecule has 0 aliphatic carbocycles. The van der Waals surface area contributed by atoms with Crippen molar-refractivity contribution < 1.29 is 4.42 Å². The summed E-state index contributed by atoms with van der Waals surface area (Å²) in [7, 11) is 2.02. The molecule has 2 aromatic heterocycles. The van der Waals surface area contributed by atoms with Gasteiger partial charge in [-0.05, 0) is 25.2 Å². The Morgan fingerprint density at radius 1 is 1.08 bits per heavy atom. The van der Waals surface area contributed by atoms with E-state index in [-0.39, 0.29) is 5.41 Å². The lowest BCUT2D eigenvalue weighted by Crippen LogP contribution is -2.17. The minimum absolute atomic E-state index is 0.0460. The Balaban J connectivity index is 1.62. The van der Waals surface area contributed by atoms with Crippen LogP contribution in [0.25, 0.3) is 11.5 Å². The molecule has 0 saturated heterocycles. The molecule has 0 fully saturated rings. The third-order valence-corrected chi connectivity index (χ3v) is 3.73. The first-order valence-electron chi connectivity index (χ1n) is 8.03. The van der Waals surface area contributed by atoms with E-state index < -0.39 is 0 Å². The molecular weight excluding hydrogens is 302 g/mol. The van der Waals surface area contributed by atoms with Crippen LogP contribution in [0.1, 0.15) is 38.0 Å². The van der Waals surface area contributed by atoms with Crippen LogP contribution < -0.4 is 0 Å². The van der Waals surface area contributed by atoms with E-state index in [4.69, 9.17) is 4.42 Å². The van der Waals surface area contributed by atoms with Gasteiger partial charge < -0.3 is 4.42 Å². The van der Waals surface area contributed by atoms with Crippen LogP contribution in [0, 0.1) is 0 Å². The molecular formula is C18H23N5O. The topological polar surface area (TPSA) is 70.8 Å². The predicted octanol–water partition coefficient (Wildman–Crippen LogP) is 3.39. The van der Waals surface area contributed by atoms with Crippen molar-refractivity contribution in [2.24, 2.45) is 0 Å². The Kier molecular flexibility index (Phi) is 4.49. The minimum Gasteiger partial charge on any atom is -0.419 e. The van der Waals surface area contributed by atoms with Crippen LogP contribution in [0.2, 0.25) is 0 Å². The number of nitrogens with one attached hydrogen (secondary N) is 1. The zero-order valence-electron chi connectivity index (χ0n) is 14.6. The molecule has 126 valence electrons. The molecule has 3 rings (SSSR count). The number of hydrogen-bond acceptors (Lipinski definition) is 5. The summed E-state index contributed by atoms with van der Waals surface area (Å²) in [6, 6.07) is 11.9. The summed E-state index contributed by atoms with van der Waals surface area (Å²) in [6.45, 7) is 7.79. The van der Waals surface area contributed by atoms with Crippen LogP contribution in [0.15, 0.2) is 40.8 Å². The molecule has 6 nitrogen and oxygen atoms in total. The van der Waals surface area contributed by atoms with Crippen molar-refractivity contribution in [3.05, 3.63) is 53.7 Å². The van der Waals surface area contributed by atoms with Crippen LogP contribution in [-0.2, 0) is 18.5 Å². The fourth-order valence-electron chi connectivity index (χ4n) is 2.42. The fraction of sp³-hybridized carbons (Fsp3) is 0.389. The maximum atomic E-state index is 5.75. The third kappa shape index (κ3) is 3.89. The second-order valence-corrected chi connectivity index (χ2v) is 7.07.